The van der Waals surface area contributed by atoms with E-state index in [2.05, 4.69) is 5.32 Å². The summed E-state index contributed by atoms with van der Waals surface area (Å²) in [5.74, 6) is -0.318. The highest BCUT2D eigenvalue weighted by Gasteiger charge is 2.44. The molecule has 0 aliphatic carbocycles. The first-order valence-corrected chi connectivity index (χ1v) is 4.63. The zero-order valence-electron chi connectivity index (χ0n) is 8.70. The maximum Gasteiger partial charge on any atom is 0.325 e. The van der Waals surface area contributed by atoms with Crippen molar-refractivity contribution in [2.45, 2.75) is 26.3 Å². The summed E-state index contributed by atoms with van der Waals surface area (Å²) < 4.78 is 0. The number of urea groups is 1. The van der Waals surface area contributed by atoms with Crippen molar-refractivity contribution in [3.63, 3.8) is 0 Å². The van der Waals surface area contributed by atoms with Crippen molar-refractivity contribution in [3.8, 4) is 0 Å². The normalized spacial score (nSPS) is 22.4. The Labute approximate surface area is 83.1 Å². The van der Waals surface area contributed by atoms with E-state index in [0.717, 1.165) is 4.90 Å². The van der Waals surface area contributed by atoms with Gasteiger partial charge in [0.1, 0.15) is 5.54 Å². The van der Waals surface area contributed by atoms with Gasteiger partial charge in [-0.1, -0.05) is 6.92 Å². The molecule has 14 heavy (non-hydrogen) atoms. The van der Waals surface area contributed by atoms with Crippen LogP contribution in [0.25, 0.3) is 0 Å². The van der Waals surface area contributed by atoms with Gasteiger partial charge in [-0.3, -0.25) is 9.69 Å². The van der Waals surface area contributed by atoms with E-state index in [-0.39, 0.29) is 31.0 Å². The Morgan fingerprint density at radius 2 is 2.07 bits per heavy atom. The van der Waals surface area contributed by atoms with E-state index in [0.29, 0.717) is 0 Å². The SMILES string of the molecule is CC(CO)CN1C(=O)NC(C)(C)C1=O. The average Bonchev–Trinajstić information content (AvgIpc) is 2.28. The summed E-state index contributed by atoms with van der Waals surface area (Å²) >= 11 is 0. The fourth-order valence-corrected chi connectivity index (χ4v) is 1.35. The lowest BCUT2D eigenvalue weighted by Gasteiger charge is -2.18. The Balaban J connectivity index is 2.71. The van der Waals surface area contributed by atoms with Crippen molar-refractivity contribution >= 4 is 11.9 Å². The van der Waals surface area contributed by atoms with Crippen molar-refractivity contribution in [2.75, 3.05) is 13.2 Å². The summed E-state index contributed by atoms with van der Waals surface area (Å²) in [6, 6.07) is -0.375. The number of imide groups is 1. The third-order valence-corrected chi connectivity index (χ3v) is 2.25. The van der Waals surface area contributed by atoms with Crippen LogP contribution < -0.4 is 5.32 Å². The third-order valence-electron chi connectivity index (χ3n) is 2.25. The average molecular weight is 200 g/mol. The fourth-order valence-electron chi connectivity index (χ4n) is 1.35. The molecule has 1 atom stereocenters. The molecule has 1 aliphatic heterocycles. The monoisotopic (exact) mass is 200 g/mol. The Morgan fingerprint density at radius 1 is 1.50 bits per heavy atom. The quantitative estimate of drug-likeness (QED) is 0.627. The summed E-state index contributed by atoms with van der Waals surface area (Å²) in [6.45, 7) is 5.35. The Hall–Kier alpha value is -1.10. The van der Waals surface area contributed by atoms with E-state index in [1.54, 1.807) is 20.8 Å². The van der Waals surface area contributed by atoms with E-state index < -0.39 is 5.54 Å². The number of hydrogen-bond donors (Lipinski definition) is 2. The first-order valence-electron chi connectivity index (χ1n) is 4.63. The van der Waals surface area contributed by atoms with Crippen LogP contribution in [-0.4, -0.2) is 40.6 Å². The summed E-state index contributed by atoms with van der Waals surface area (Å²) in [5.41, 5.74) is -0.813. The molecule has 1 saturated heterocycles. The van der Waals surface area contributed by atoms with Crippen LogP contribution in [0.5, 0.6) is 0 Å². The molecule has 1 aliphatic rings. The molecule has 0 bridgehead atoms. The van der Waals surface area contributed by atoms with Crippen LogP contribution in [0, 0.1) is 5.92 Å². The van der Waals surface area contributed by atoms with Crippen LogP contribution in [0.1, 0.15) is 20.8 Å². The zero-order chi connectivity index (χ0) is 10.9. The second-order valence-electron chi connectivity index (χ2n) is 4.26. The minimum absolute atomic E-state index is 0.0303. The first kappa shape index (κ1) is 11.0. The van der Waals surface area contributed by atoms with Crippen molar-refractivity contribution in [2.24, 2.45) is 5.92 Å². The molecular weight excluding hydrogens is 184 g/mol. The van der Waals surface area contributed by atoms with Crippen molar-refractivity contribution < 1.29 is 14.7 Å². The minimum Gasteiger partial charge on any atom is -0.396 e. The standard InChI is InChI=1S/C9H16N2O3/c1-6(5-12)4-11-7(13)9(2,3)10-8(11)14/h6,12H,4-5H2,1-3H3,(H,10,14). The minimum atomic E-state index is -0.813. The molecule has 80 valence electrons. The van der Waals surface area contributed by atoms with Gasteiger partial charge in [0.05, 0.1) is 0 Å². The Kier molecular flexibility index (Phi) is 2.80. The number of nitrogens with zero attached hydrogens (tertiary/aromatic N) is 1. The highest BCUT2D eigenvalue weighted by Crippen LogP contribution is 2.17. The molecule has 3 amide bonds. The number of nitrogens with one attached hydrogen (secondary N) is 1. The predicted octanol–water partition coefficient (Wildman–Crippen LogP) is -0.0548. The van der Waals surface area contributed by atoms with Gasteiger partial charge in [-0.2, -0.15) is 0 Å². The summed E-state index contributed by atoms with van der Waals surface area (Å²) in [4.78, 5) is 24.2. The molecule has 0 aromatic carbocycles. The molecule has 0 radical (unpaired) electrons. The van der Waals surface area contributed by atoms with E-state index in [9.17, 15) is 9.59 Å². The molecule has 0 aromatic rings. The molecule has 1 rings (SSSR count). The van der Waals surface area contributed by atoms with Crippen molar-refractivity contribution in [1.82, 2.24) is 10.2 Å². The molecule has 2 N–H and O–H groups in total. The van der Waals surface area contributed by atoms with E-state index >= 15 is 0 Å². The van der Waals surface area contributed by atoms with Gasteiger partial charge in [0.15, 0.2) is 0 Å². The lowest BCUT2D eigenvalue weighted by atomic mass is 10.1. The van der Waals surface area contributed by atoms with Crippen LogP contribution in [0.3, 0.4) is 0 Å². The second kappa shape index (κ2) is 3.57. The van der Waals surface area contributed by atoms with E-state index in [1.165, 1.54) is 0 Å². The van der Waals surface area contributed by atoms with Crippen LogP contribution in [0.4, 0.5) is 4.79 Å². The number of amides is 3. The lowest BCUT2D eigenvalue weighted by Crippen LogP contribution is -2.41. The van der Waals surface area contributed by atoms with Gasteiger partial charge in [0.25, 0.3) is 5.91 Å². The van der Waals surface area contributed by atoms with Gasteiger partial charge in [0, 0.05) is 13.2 Å². The summed E-state index contributed by atoms with van der Waals surface area (Å²) in [7, 11) is 0. The van der Waals surface area contributed by atoms with Gasteiger partial charge in [-0.25, -0.2) is 4.79 Å². The molecule has 1 fully saturated rings. The van der Waals surface area contributed by atoms with Crippen molar-refractivity contribution in [3.05, 3.63) is 0 Å². The largest absolute Gasteiger partial charge is 0.396 e. The molecular formula is C9H16N2O3. The van der Waals surface area contributed by atoms with Gasteiger partial charge in [-0.05, 0) is 19.8 Å². The van der Waals surface area contributed by atoms with Gasteiger partial charge >= 0.3 is 6.03 Å². The topological polar surface area (TPSA) is 69.6 Å². The lowest BCUT2D eigenvalue weighted by molar-refractivity contribution is -0.130. The smallest absolute Gasteiger partial charge is 0.325 e. The molecule has 0 spiro atoms. The van der Waals surface area contributed by atoms with Crippen LogP contribution in [-0.2, 0) is 4.79 Å². The maximum absolute atomic E-state index is 11.6. The predicted molar refractivity (Wildman–Crippen MR) is 50.6 cm³/mol. The highest BCUT2D eigenvalue weighted by atomic mass is 16.3. The number of carbonyl (C=O) groups is 2. The fraction of sp³-hybridized carbons (Fsp3) is 0.778. The van der Waals surface area contributed by atoms with Crippen molar-refractivity contribution in [1.29, 1.82) is 0 Å². The molecule has 0 aromatic heterocycles. The van der Waals surface area contributed by atoms with Gasteiger partial charge < -0.3 is 10.4 Å². The number of aliphatic hydroxyl groups excluding tert-OH is 1. The van der Waals surface area contributed by atoms with Crippen LogP contribution in [0.2, 0.25) is 0 Å². The second-order valence-corrected chi connectivity index (χ2v) is 4.26. The Bertz CT molecular complexity index is 263. The highest BCUT2D eigenvalue weighted by molar-refractivity contribution is 6.06. The first-order chi connectivity index (χ1) is 6.38. The number of carbonyl (C=O) groups excluding carboxylic acids is 2. The molecule has 0 saturated carbocycles. The Morgan fingerprint density at radius 3 is 2.43 bits per heavy atom. The number of rotatable bonds is 3. The third kappa shape index (κ3) is 1.87. The molecule has 1 heterocycles. The molecule has 5 nitrogen and oxygen atoms in total. The van der Waals surface area contributed by atoms with E-state index in [1.807, 2.05) is 0 Å². The van der Waals surface area contributed by atoms with Crippen LogP contribution in [0.15, 0.2) is 0 Å². The number of aliphatic hydroxyl groups is 1. The van der Waals surface area contributed by atoms with Crippen LogP contribution >= 0.6 is 0 Å². The molecule has 1 unspecified atom stereocenters. The summed E-state index contributed by atoms with van der Waals surface area (Å²) in [5, 5.41) is 11.4. The zero-order valence-corrected chi connectivity index (χ0v) is 8.70. The maximum atomic E-state index is 11.6. The summed E-state index contributed by atoms with van der Waals surface area (Å²) in [6.07, 6.45) is 0. The number of hydrogen-bond acceptors (Lipinski definition) is 3. The van der Waals surface area contributed by atoms with E-state index in [4.69, 9.17) is 5.11 Å². The van der Waals surface area contributed by atoms with Gasteiger partial charge in [-0.15, -0.1) is 0 Å². The molecule has 5 heteroatoms. The van der Waals surface area contributed by atoms with Gasteiger partial charge in [0.2, 0.25) is 0 Å².